The molecular weight excluding hydrogens is 294 g/mol. The zero-order valence-electron chi connectivity index (χ0n) is 13.2. The minimum absolute atomic E-state index is 0.273. The summed E-state index contributed by atoms with van der Waals surface area (Å²) in [5.41, 5.74) is 4.25. The van der Waals surface area contributed by atoms with E-state index in [2.05, 4.69) is 15.3 Å². The fourth-order valence-electron chi connectivity index (χ4n) is 2.64. The second kappa shape index (κ2) is 5.68. The number of hydrogen-bond acceptors (Lipinski definition) is 4. The van der Waals surface area contributed by atoms with Crippen molar-refractivity contribution in [2.75, 3.05) is 0 Å². The standard InChI is InChI=1S/C16H17N5O2/c1-10-15(16(22)23)11(2)21(18-10)9-12-5-4-6-13(7-12)14-8-17-20(3)19-14/h4-8H,9H2,1-3H3,(H,22,23). The van der Waals surface area contributed by atoms with Crippen LogP contribution < -0.4 is 0 Å². The van der Waals surface area contributed by atoms with Crippen LogP contribution in [0.25, 0.3) is 11.3 Å². The Morgan fingerprint density at radius 3 is 2.65 bits per heavy atom. The maximum absolute atomic E-state index is 11.3. The third-order valence-corrected chi connectivity index (χ3v) is 3.75. The fourth-order valence-corrected chi connectivity index (χ4v) is 2.64. The lowest BCUT2D eigenvalue weighted by Gasteiger charge is -2.06. The number of benzene rings is 1. The van der Waals surface area contributed by atoms with Crippen molar-refractivity contribution in [3.8, 4) is 11.3 Å². The molecule has 0 bridgehead atoms. The van der Waals surface area contributed by atoms with Crippen molar-refractivity contribution in [3.05, 3.63) is 53.0 Å². The molecule has 7 heteroatoms. The molecule has 1 N–H and O–H groups in total. The molecule has 0 radical (unpaired) electrons. The van der Waals surface area contributed by atoms with Gasteiger partial charge >= 0.3 is 5.97 Å². The lowest BCUT2D eigenvalue weighted by atomic mass is 10.1. The average Bonchev–Trinajstić information content (AvgIpc) is 3.04. The van der Waals surface area contributed by atoms with Crippen LogP contribution in [0, 0.1) is 13.8 Å². The predicted octanol–water partition coefficient (Wildman–Crippen LogP) is 2.04. The third kappa shape index (κ3) is 2.85. The Bertz CT molecular complexity index is 878. The number of carbonyl (C=O) groups is 1. The van der Waals surface area contributed by atoms with Crippen LogP contribution in [-0.2, 0) is 13.6 Å². The van der Waals surface area contributed by atoms with E-state index in [1.165, 1.54) is 4.80 Å². The van der Waals surface area contributed by atoms with Crippen molar-refractivity contribution in [2.24, 2.45) is 7.05 Å². The molecule has 0 saturated carbocycles. The van der Waals surface area contributed by atoms with Crippen LogP contribution in [0.2, 0.25) is 0 Å². The van der Waals surface area contributed by atoms with E-state index >= 15 is 0 Å². The molecule has 0 aliphatic rings. The van der Waals surface area contributed by atoms with Crippen LogP contribution >= 0.6 is 0 Å². The van der Waals surface area contributed by atoms with E-state index < -0.39 is 5.97 Å². The molecule has 0 spiro atoms. The number of hydrogen-bond donors (Lipinski definition) is 1. The van der Waals surface area contributed by atoms with Crippen LogP contribution in [0.15, 0.2) is 30.5 Å². The van der Waals surface area contributed by atoms with Gasteiger partial charge in [-0.05, 0) is 25.5 Å². The number of aromatic carboxylic acids is 1. The normalized spacial score (nSPS) is 10.9. The van der Waals surface area contributed by atoms with E-state index in [0.29, 0.717) is 17.9 Å². The molecule has 1 aromatic carbocycles. The highest BCUT2D eigenvalue weighted by molar-refractivity contribution is 5.90. The molecule has 0 unspecified atom stereocenters. The maximum atomic E-state index is 11.3. The van der Waals surface area contributed by atoms with Crippen LogP contribution in [0.4, 0.5) is 0 Å². The molecule has 3 aromatic rings. The number of aryl methyl sites for hydroxylation is 2. The molecule has 0 aliphatic carbocycles. The minimum Gasteiger partial charge on any atom is -0.478 e. The highest BCUT2D eigenvalue weighted by atomic mass is 16.4. The van der Waals surface area contributed by atoms with Crippen molar-refractivity contribution < 1.29 is 9.90 Å². The summed E-state index contributed by atoms with van der Waals surface area (Å²) >= 11 is 0. The van der Waals surface area contributed by atoms with Gasteiger partial charge in [0, 0.05) is 12.6 Å². The molecule has 0 atom stereocenters. The molecule has 118 valence electrons. The summed E-state index contributed by atoms with van der Waals surface area (Å²) < 4.78 is 1.72. The van der Waals surface area contributed by atoms with Crippen molar-refractivity contribution in [1.29, 1.82) is 0 Å². The number of nitrogens with zero attached hydrogens (tertiary/aromatic N) is 5. The van der Waals surface area contributed by atoms with Gasteiger partial charge in [-0.1, -0.05) is 18.2 Å². The smallest absolute Gasteiger partial charge is 0.339 e. The molecule has 0 amide bonds. The maximum Gasteiger partial charge on any atom is 0.339 e. The third-order valence-electron chi connectivity index (χ3n) is 3.75. The topological polar surface area (TPSA) is 85.8 Å². The van der Waals surface area contributed by atoms with E-state index in [9.17, 15) is 9.90 Å². The second-order valence-electron chi connectivity index (χ2n) is 5.43. The lowest BCUT2D eigenvalue weighted by molar-refractivity contribution is 0.0695. The Morgan fingerprint density at radius 1 is 1.26 bits per heavy atom. The highest BCUT2D eigenvalue weighted by Gasteiger charge is 2.17. The molecule has 3 rings (SSSR count). The molecule has 23 heavy (non-hydrogen) atoms. The number of aromatic nitrogens is 5. The quantitative estimate of drug-likeness (QED) is 0.797. The van der Waals surface area contributed by atoms with Gasteiger partial charge in [-0.15, -0.1) is 0 Å². The Morgan fingerprint density at radius 2 is 2.04 bits per heavy atom. The van der Waals surface area contributed by atoms with Crippen LogP contribution in [0.1, 0.15) is 27.3 Å². The summed E-state index contributed by atoms with van der Waals surface area (Å²) in [7, 11) is 1.77. The summed E-state index contributed by atoms with van der Waals surface area (Å²) in [4.78, 5) is 12.8. The first-order valence-electron chi connectivity index (χ1n) is 7.18. The van der Waals surface area contributed by atoms with Crippen LogP contribution in [0.5, 0.6) is 0 Å². The van der Waals surface area contributed by atoms with E-state index in [4.69, 9.17) is 0 Å². The van der Waals surface area contributed by atoms with Gasteiger partial charge in [-0.2, -0.15) is 20.1 Å². The summed E-state index contributed by atoms with van der Waals surface area (Å²) in [5, 5.41) is 22.0. The van der Waals surface area contributed by atoms with Crippen molar-refractivity contribution in [3.63, 3.8) is 0 Å². The molecule has 0 saturated heterocycles. The van der Waals surface area contributed by atoms with Gasteiger partial charge in [0.1, 0.15) is 11.3 Å². The second-order valence-corrected chi connectivity index (χ2v) is 5.43. The summed E-state index contributed by atoms with van der Waals surface area (Å²) in [6.45, 7) is 3.99. The molecule has 7 nitrogen and oxygen atoms in total. The largest absolute Gasteiger partial charge is 0.478 e. The Labute approximate surface area is 133 Å². The summed E-state index contributed by atoms with van der Waals surface area (Å²) in [5.74, 6) is -0.945. The molecule has 0 aliphatic heterocycles. The molecule has 0 fully saturated rings. The van der Waals surface area contributed by atoms with Gasteiger partial charge in [-0.3, -0.25) is 4.68 Å². The minimum atomic E-state index is -0.945. The van der Waals surface area contributed by atoms with E-state index in [1.807, 2.05) is 24.3 Å². The lowest BCUT2D eigenvalue weighted by Crippen LogP contribution is -2.06. The predicted molar refractivity (Wildman–Crippen MR) is 84.2 cm³/mol. The average molecular weight is 311 g/mol. The molecular formula is C16H17N5O2. The number of rotatable bonds is 4. The number of carboxylic acid groups (broad SMARTS) is 1. The van der Waals surface area contributed by atoms with Gasteiger partial charge in [0.2, 0.25) is 0 Å². The van der Waals surface area contributed by atoms with Crippen molar-refractivity contribution >= 4 is 5.97 Å². The molecule has 2 aromatic heterocycles. The van der Waals surface area contributed by atoms with E-state index in [0.717, 1.165) is 16.8 Å². The van der Waals surface area contributed by atoms with Gasteiger partial charge in [0.15, 0.2) is 0 Å². The zero-order chi connectivity index (χ0) is 16.6. The monoisotopic (exact) mass is 311 g/mol. The van der Waals surface area contributed by atoms with Gasteiger partial charge < -0.3 is 5.11 Å². The first-order valence-corrected chi connectivity index (χ1v) is 7.18. The Balaban J connectivity index is 1.92. The van der Waals surface area contributed by atoms with E-state index in [1.54, 1.807) is 31.8 Å². The van der Waals surface area contributed by atoms with Gasteiger partial charge in [-0.25, -0.2) is 4.79 Å². The van der Waals surface area contributed by atoms with E-state index in [-0.39, 0.29) is 5.56 Å². The van der Waals surface area contributed by atoms with Gasteiger partial charge in [0.25, 0.3) is 0 Å². The van der Waals surface area contributed by atoms with Crippen molar-refractivity contribution in [2.45, 2.75) is 20.4 Å². The number of carboxylic acids is 1. The fraction of sp³-hybridized carbons (Fsp3) is 0.250. The first kappa shape index (κ1) is 15.0. The van der Waals surface area contributed by atoms with Gasteiger partial charge in [0.05, 0.1) is 24.1 Å². The molecule has 2 heterocycles. The highest BCUT2D eigenvalue weighted by Crippen LogP contribution is 2.19. The van der Waals surface area contributed by atoms with Crippen LogP contribution in [-0.4, -0.2) is 35.9 Å². The summed E-state index contributed by atoms with van der Waals surface area (Å²) in [6, 6.07) is 7.91. The zero-order valence-corrected chi connectivity index (χ0v) is 13.2. The first-order chi connectivity index (χ1) is 11.0. The SMILES string of the molecule is Cc1nn(Cc2cccc(-c3cnn(C)n3)c2)c(C)c1C(=O)O. The van der Waals surface area contributed by atoms with Crippen LogP contribution in [0.3, 0.4) is 0 Å². The Kier molecular flexibility index (Phi) is 3.69. The van der Waals surface area contributed by atoms with Crippen molar-refractivity contribution in [1.82, 2.24) is 24.8 Å². The Hall–Kier alpha value is -2.96. The summed E-state index contributed by atoms with van der Waals surface area (Å²) in [6.07, 6.45) is 1.71.